The Kier molecular flexibility index (Phi) is 39.0. The van der Waals surface area contributed by atoms with Crippen LogP contribution in [0.3, 0.4) is 0 Å². The van der Waals surface area contributed by atoms with E-state index in [-0.39, 0.29) is 5.97 Å². The summed E-state index contributed by atoms with van der Waals surface area (Å²) in [4.78, 5) is 21.9. The Morgan fingerprint density at radius 3 is 1.00 bits per heavy atom. The number of hydrogen-bond acceptors (Lipinski definition) is 3. The highest BCUT2D eigenvalue weighted by Crippen LogP contribution is 2.13. The Morgan fingerprint density at radius 1 is 0.400 bits per heavy atom. The minimum absolute atomic E-state index is 0.0175. The van der Waals surface area contributed by atoms with Gasteiger partial charge in [0.15, 0.2) is 0 Å². The van der Waals surface area contributed by atoms with Crippen molar-refractivity contribution in [2.75, 3.05) is 6.61 Å². The second-order valence-electron chi connectivity index (χ2n) is 12.0. The molecule has 0 rings (SSSR count). The number of carboxylic acids is 1. The van der Waals surface area contributed by atoms with Crippen LogP contribution in [0.2, 0.25) is 0 Å². The Hall–Kier alpha value is -1.06. The molecule has 4 nitrogen and oxygen atoms in total. The molecule has 240 valence electrons. The van der Waals surface area contributed by atoms with Gasteiger partial charge < -0.3 is 9.84 Å². The third kappa shape index (κ3) is 41.4. The first kappa shape index (κ1) is 41.1. The Bertz CT molecular complexity index is 491. The van der Waals surface area contributed by atoms with Crippen molar-refractivity contribution in [2.45, 2.75) is 213 Å². The lowest BCUT2D eigenvalue weighted by Crippen LogP contribution is -2.05. The normalized spacial score (nSPS) is 10.8. The standard InChI is InChI=1S/C24H48O2.C12H24O2/c1-3-5-7-9-11-13-15-17-19-21-23-26-24(25)22-20-18-16-14-12-10-8-6-4-2;1-2-3-4-5-6-7-8-9-10-11-12(13)14/h3-23H2,1-2H3;2-11H2,1H3,(H,13,14). The predicted molar refractivity (Wildman–Crippen MR) is 174 cm³/mol. The second-order valence-corrected chi connectivity index (χ2v) is 12.0. The molecule has 0 aromatic carbocycles. The van der Waals surface area contributed by atoms with Crippen molar-refractivity contribution in [1.29, 1.82) is 0 Å². The molecule has 0 bridgehead atoms. The SMILES string of the molecule is CCCCCCCCCCCC(=O)O.CCCCCCCCCCCCOC(=O)CCCCCCCCCCC. The fourth-order valence-electron chi connectivity index (χ4n) is 5.01. The summed E-state index contributed by atoms with van der Waals surface area (Å²) >= 11 is 0. The number of carboxylic acid groups (broad SMARTS) is 1. The molecule has 0 aliphatic heterocycles. The molecule has 0 saturated carbocycles. The van der Waals surface area contributed by atoms with E-state index in [1.54, 1.807) is 0 Å². The summed E-state index contributed by atoms with van der Waals surface area (Å²) in [6, 6.07) is 0. The maximum Gasteiger partial charge on any atom is 0.305 e. The van der Waals surface area contributed by atoms with Crippen molar-refractivity contribution in [1.82, 2.24) is 0 Å². The molecule has 4 heteroatoms. The predicted octanol–water partition coefficient (Wildman–Crippen LogP) is 12.4. The van der Waals surface area contributed by atoms with Gasteiger partial charge in [-0.1, -0.05) is 181 Å². The maximum absolute atomic E-state index is 11.7. The van der Waals surface area contributed by atoms with Gasteiger partial charge in [-0.25, -0.2) is 0 Å². The van der Waals surface area contributed by atoms with Crippen molar-refractivity contribution in [2.24, 2.45) is 0 Å². The Labute approximate surface area is 251 Å². The number of esters is 1. The average Bonchev–Trinajstić information content (AvgIpc) is 2.94. The van der Waals surface area contributed by atoms with Gasteiger partial charge in [0.05, 0.1) is 6.61 Å². The van der Waals surface area contributed by atoms with Gasteiger partial charge in [-0.15, -0.1) is 0 Å². The van der Waals surface area contributed by atoms with Crippen LogP contribution < -0.4 is 0 Å². The first-order chi connectivity index (χ1) is 19.6. The molecule has 0 atom stereocenters. The summed E-state index contributed by atoms with van der Waals surface area (Å²) in [5.41, 5.74) is 0. The molecule has 0 fully saturated rings. The fourth-order valence-corrected chi connectivity index (χ4v) is 5.01. The summed E-state index contributed by atoms with van der Waals surface area (Å²) in [6.45, 7) is 7.39. The molecule has 0 aromatic heterocycles. The molecule has 0 saturated heterocycles. The average molecular weight is 569 g/mol. The van der Waals surface area contributed by atoms with Gasteiger partial charge in [-0.2, -0.15) is 0 Å². The van der Waals surface area contributed by atoms with Crippen molar-refractivity contribution in [3.8, 4) is 0 Å². The Balaban J connectivity index is 0. The van der Waals surface area contributed by atoms with Gasteiger partial charge in [-0.05, 0) is 19.3 Å². The maximum atomic E-state index is 11.7. The van der Waals surface area contributed by atoms with Crippen LogP contribution in [0.25, 0.3) is 0 Å². The monoisotopic (exact) mass is 569 g/mol. The third-order valence-electron chi connectivity index (χ3n) is 7.74. The third-order valence-corrected chi connectivity index (χ3v) is 7.74. The van der Waals surface area contributed by atoms with Crippen LogP contribution in [0.1, 0.15) is 213 Å². The lowest BCUT2D eigenvalue weighted by Gasteiger charge is -2.05. The van der Waals surface area contributed by atoms with Gasteiger partial charge in [-0.3, -0.25) is 9.59 Å². The summed E-state index contributed by atoms with van der Waals surface area (Å²) in [5.74, 6) is -0.642. The van der Waals surface area contributed by atoms with E-state index < -0.39 is 5.97 Å². The summed E-state index contributed by atoms with van der Waals surface area (Å²) in [5, 5.41) is 8.41. The second kappa shape index (κ2) is 37.9. The molecular formula is C36H72O4. The number of carbonyl (C=O) groups is 2. The number of ether oxygens (including phenoxy) is 1. The van der Waals surface area contributed by atoms with Crippen LogP contribution in [-0.4, -0.2) is 23.7 Å². The highest BCUT2D eigenvalue weighted by atomic mass is 16.5. The lowest BCUT2D eigenvalue weighted by atomic mass is 10.1. The van der Waals surface area contributed by atoms with E-state index in [1.165, 1.54) is 154 Å². The molecule has 40 heavy (non-hydrogen) atoms. The molecule has 0 aliphatic carbocycles. The number of unbranched alkanes of at least 4 members (excludes halogenated alkanes) is 25. The number of hydrogen-bond donors (Lipinski definition) is 1. The van der Waals surface area contributed by atoms with Crippen molar-refractivity contribution in [3.05, 3.63) is 0 Å². The smallest absolute Gasteiger partial charge is 0.305 e. The van der Waals surface area contributed by atoms with E-state index in [0.29, 0.717) is 19.4 Å². The Morgan fingerprint density at radius 2 is 0.675 bits per heavy atom. The minimum atomic E-state index is -0.659. The van der Waals surface area contributed by atoms with E-state index in [0.717, 1.165) is 25.7 Å². The molecule has 0 radical (unpaired) electrons. The molecule has 0 aliphatic rings. The molecule has 0 amide bonds. The van der Waals surface area contributed by atoms with Crippen molar-refractivity contribution in [3.63, 3.8) is 0 Å². The van der Waals surface area contributed by atoms with Gasteiger partial charge in [0, 0.05) is 12.8 Å². The zero-order valence-electron chi connectivity index (χ0n) is 27.6. The lowest BCUT2D eigenvalue weighted by molar-refractivity contribution is -0.144. The first-order valence-corrected chi connectivity index (χ1v) is 18.0. The molecular weight excluding hydrogens is 496 g/mol. The van der Waals surface area contributed by atoms with E-state index in [9.17, 15) is 9.59 Å². The van der Waals surface area contributed by atoms with Crippen LogP contribution in [0, 0.1) is 0 Å². The van der Waals surface area contributed by atoms with Crippen LogP contribution in [0.15, 0.2) is 0 Å². The van der Waals surface area contributed by atoms with E-state index >= 15 is 0 Å². The highest BCUT2D eigenvalue weighted by molar-refractivity contribution is 5.69. The van der Waals surface area contributed by atoms with Crippen LogP contribution in [-0.2, 0) is 14.3 Å². The van der Waals surface area contributed by atoms with E-state index in [2.05, 4.69) is 20.8 Å². The van der Waals surface area contributed by atoms with Crippen LogP contribution in [0.5, 0.6) is 0 Å². The largest absolute Gasteiger partial charge is 0.481 e. The zero-order chi connectivity index (χ0) is 29.8. The van der Waals surface area contributed by atoms with E-state index in [1.807, 2.05) is 0 Å². The number of carbonyl (C=O) groups excluding carboxylic acids is 1. The molecule has 0 unspecified atom stereocenters. The van der Waals surface area contributed by atoms with Gasteiger partial charge >= 0.3 is 11.9 Å². The molecule has 0 aromatic rings. The quantitative estimate of drug-likeness (QED) is 0.0667. The molecule has 0 spiro atoms. The molecule has 1 N–H and O–H groups in total. The van der Waals surface area contributed by atoms with Crippen molar-refractivity contribution >= 4 is 11.9 Å². The molecule has 0 heterocycles. The first-order valence-electron chi connectivity index (χ1n) is 18.0. The van der Waals surface area contributed by atoms with Gasteiger partial charge in [0.1, 0.15) is 0 Å². The van der Waals surface area contributed by atoms with Gasteiger partial charge in [0.2, 0.25) is 0 Å². The van der Waals surface area contributed by atoms with E-state index in [4.69, 9.17) is 9.84 Å². The summed E-state index contributed by atoms with van der Waals surface area (Å²) < 4.78 is 5.35. The fraction of sp³-hybridized carbons (Fsp3) is 0.944. The number of aliphatic carboxylic acids is 1. The number of rotatable bonds is 31. The summed E-state index contributed by atoms with van der Waals surface area (Å²) in [7, 11) is 0. The minimum Gasteiger partial charge on any atom is -0.481 e. The van der Waals surface area contributed by atoms with Crippen molar-refractivity contribution < 1.29 is 19.4 Å². The topological polar surface area (TPSA) is 63.6 Å². The van der Waals surface area contributed by atoms with Gasteiger partial charge in [0.25, 0.3) is 0 Å². The zero-order valence-corrected chi connectivity index (χ0v) is 27.6. The summed E-state index contributed by atoms with van der Waals surface area (Å²) in [6.07, 6.45) is 36.9. The van der Waals surface area contributed by atoms with Crippen LogP contribution in [0.4, 0.5) is 0 Å². The highest BCUT2D eigenvalue weighted by Gasteiger charge is 2.02. The van der Waals surface area contributed by atoms with Crippen LogP contribution >= 0.6 is 0 Å².